The molecule has 0 spiro atoms. The van der Waals surface area contributed by atoms with Gasteiger partial charge in [0.2, 0.25) is 5.91 Å². The van der Waals surface area contributed by atoms with Gasteiger partial charge in [-0.1, -0.05) is 39.3 Å². The summed E-state index contributed by atoms with van der Waals surface area (Å²) in [5.74, 6) is 0.334. The maximum Gasteiger partial charge on any atom is 0.242 e. The average molecular weight is 330 g/mol. The summed E-state index contributed by atoms with van der Waals surface area (Å²) in [7, 11) is 0. The third-order valence-corrected chi connectivity index (χ3v) is 3.58. The fraction of sp³-hybridized carbons (Fsp3) is 0.611. The number of nitrogens with two attached hydrogens (primary N) is 1. The Morgan fingerprint density at radius 3 is 2.22 bits per heavy atom. The molecule has 2 atom stereocenters. The highest BCUT2D eigenvalue weighted by atomic mass is 16.2. The Kier molecular flexibility index (Phi) is 12.0. The van der Waals surface area contributed by atoms with Gasteiger partial charge in [0.15, 0.2) is 0 Å². The smallest absolute Gasteiger partial charge is 0.242 e. The highest BCUT2D eigenvalue weighted by molar-refractivity contribution is 5.84. The van der Waals surface area contributed by atoms with E-state index >= 15 is 0 Å². The van der Waals surface area contributed by atoms with Crippen molar-refractivity contribution in [3.05, 3.63) is 29.8 Å². The van der Waals surface area contributed by atoms with Gasteiger partial charge >= 0.3 is 0 Å². The Labute approximate surface area is 145 Å². The molecule has 23 heavy (non-hydrogen) atoms. The number of carbonyl (C=O) groups is 1. The molecule has 1 aromatic carbocycles. The van der Waals surface area contributed by atoms with Crippen LogP contribution < -0.4 is 16.4 Å². The van der Waals surface area contributed by atoms with Crippen molar-refractivity contribution in [1.82, 2.24) is 5.32 Å². The molecular formula is C18H39N3O2. The lowest BCUT2D eigenvalue weighted by Crippen LogP contribution is -2.43. The Balaban J connectivity index is -0.000000314. The third kappa shape index (κ3) is 8.57. The molecule has 0 heterocycles. The molecule has 138 valence electrons. The largest absolute Gasteiger partial charge is 0.396 e. The summed E-state index contributed by atoms with van der Waals surface area (Å²) in [5, 5.41) is 14.1. The number of anilines is 1. The minimum Gasteiger partial charge on any atom is -0.396 e. The normalized spacial score (nSPS) is 12.6. The number of aliphatic hydroxyl groups is 1. The number of hydrogen-bond donors (Lipinski definition) is 4. The Morgan fingerprint density at radius 1 is 1.26 bits per heavy atom. The van der Waals surface area contributed by atoms with Gasteiger partial charge in [0.25, 0.3) is 0 Å². The van der Waals surface area contributed by atoms with Crippen LogP contribution in [0.25, 0.3) is 0 Å². The molecule has 0 saturated carbocycles. The van der Waals surface area contributed by atoms with E-state index in [0.717, 1.165) is 24.1 Å². The Bertz CT molecular complexity index is 432. The van der Waals surface area contributed by atoms with E-state index < -0.39 is 0 Å². The lowest BCUT2D eigenvalue weighted by molar-refractivity contribution is -0.122. The number of benzene rings is 1. The number of aliphatic hydroxyl groups excluding tert-OH is 1. The molecule has 0 aliphatic carbocycles. The number of rotatable bonds is 8. The van der Waals surface area contributed by atoms with Crippen molar-refractivity contribution in [2.45, 2.75) is 53.1 Å². The van der Waals surface area contributed by atoms with Gasteiger partial charge in [-0.3, -0.25) is 4.79 Å². The van der Waals surface area contributed by atoms with Gasteiger partial charge < -0.3 is 21.5 Å². The molecule has 5 heteroatoms. The molecule has 0 radical (unpaired) electrons. The summed E-state index contributed by atoms with van der Waals surface area (Å²) < 4.78 is 0. The second-order valence-corrected chi connectivity index (χ2v) is 5.53. The van der Waals surface area contributed by atoms with Crippen molar-refractivity contribution in [2.75, 3.05) is 18.5 Å². The molecule has 0 aromatic heterocycles. The van der Waals surface area contributed by atoms with Crippen LogP contribution in [0.4, 0.5) is 5.69 Å². The van der Waals surface area contributed by atoms with E-state index in [1.165, 1.54) is 0 Å². The highest BCUT2D eigenvalue weighted by Gasteiger charge is 2.23. The zero-order valence-electron chi connectivity index (χ0n) is 14.9. The van der Waals surface area contributed by atoms with Crippen molar-refractivity contribution >= 4 is 11.6 Å². The summed E-state index contributed by atoms with van der Waals surface area (Å²) >= 11 is 0. The molecule has 5 nitrogen and oxygen atoms in total. The van der Waals surface area contributed by atoms with Crippen LogP contribution in [0.1, 0.15) is 50.4 Å². The van der Waals surface area contributed by atoms with E-state index in [2.05, 4.69) is 24.5 Å². The van der Waals surface area contributed by atoms with Crippen LogP contribution in [0.2, 0.25) is 0 Å². The molecule has 0 fully saturated rings. The van der Waals surface area contributed by atoms with Crippen LogP contribution in [0.3, 0.4) is 0 Å². The number of hydrogen-bond acceptors (Lipinski definition) is 4. The first-order valence-electron chi connectivity index (χ1n) is 8.47. The minimum absolute atomic E-state index is 0. The summed E-state index contributed by atoms with van der Waals surface area (Å²) in [4.78, 5) is 12.1. The van der Waals surface area contributed by atoms with Crippen molar-refractivity contribution in [2.24, 2.45) is 11.7 Å². The van der Waals surface area contributed by atoms with E-state index in [1.807, 2.05) is 38.1 Å². The number of likely N-dealkylation sites (N-methyl/N-ethyl adjacent to an activating group) is 1. The van der Waals surface area contributed by atoms with Gasteiger partial charge in [-0.15, -0.1) is 0 Å². The molecule has 1 amide bonds. The van der Waals surface area contributed by atoms with Gasteiger partial charge in [-0.25, -0.2) is 0 Å². The summed E-state index contributed by atoms with van der Waals surface area (Å²) in [6.45, 7) is 9.55. The second kappa shape index (κ2) is 12.9. The molecule has 1 unspecified atom stereocenters. The monoisotopic (exact) mass is 329 g/mol. The van der Waals surface area contributed by atoms with Crippen molar-refractivity contribution in [3.63, 3.8) is 0 Å². The van der Waals surface area contributed by atoms with Gasteiger partial charge in [0, 0.05) is 29.7 Å². The molecule has 5 N–H and O–H groups in total. The lowest BCUT2D eigenvalue weighted by atomic mass is 9.98. The van der Waals surface area contributed by atoms with Crippen LogP contribution in [-0.4, -0.2) is 30.2 Å². The quantitative estimate of drug-likeness (QED) is 0.589. The number of amides is 1. The third-order valence-electron chi connectivity index (χ3n) is 3.58. The lowest BCUT2D eigenvalue weighted by Gasteiger charge is -2.24. The molecule has 0 aliphatic rings. The maximum atomic E-state index is 12.1. The summed E-state index contributed by atoms with van der Waals surface area (Å²) in [6, 6.07) is 7.70. The van der Waals surface area contributed by atoms with E-state index in [4.69, 9.17) is 10.8 Å². The summed E-state index contributed by atoms with van der Waals surface area (Å²) in [5.41, 5.74) is 7.61. The average Bonchev–Trinajstić information content (AvgIpc) is 2.59. The Hall–Kier alpha value is -1.59. The van der Waals surface area contributed by atoms with Crippen LogP contribution in [0.5, 0.6) is 0 Å². The van der Waals surface area contributed by atoms with Crippen molar-refractivity contribution in [3.8, 4) is 0 Å². The predicted octanol–water partition coefficient (Wildman–Crippen LogP) is 3.23. The van der Waals surface area contributed by atoms with Gasteiger partial charge in [0.1, 0.15) is 6.04 Å². The van der Waals surface area contributed by atoms with Crippen molar-refractivity contribution < 1.29 is 14.2 Å². The van der Waals surface area contributed by atoms with Gasteiger partial charge in [0.05, 0.1) is 0 Å². The zero-order chi connectivity index (χ0) is 17.7. The maximum absolute atomic E-state index is 12.1. The fourth-order valence-electron chi connectivity index (χ4n) is 1.90. The minimum atomic E-state index is -0.200. The van der Waals surface area contributed by atoms with Gasteiger partial charge in [-0.05, 0) is 37.0 Å². The van der Waals surface area contributed by atoms with Crippen molar-refractivity contribution in [1.29, 1.82) is 0 Å². The second-order valence-electron chi connectivity index (χ2n) is 5.53. The molecular weight excluding hydrogens is 290 g/mol. The van der Waals surface area contributed by atoms with E-state index in [0.29, 0.717) is 19.7 Å². The first kappa shape index (κ1) is 21.4. The van der Waals surface area contributed by atoms with E-state index in [9.17, 15) is 4.79 Å². The Morgan fingerprint density at radius 2 is 1.83 bits per heavy atom. The molecule has 0 saturated heterocycles. The summed E-state index contributed by atoms with van der Waals surface area (Å²) in [6.07, 6.45) is 1.83. The molecule has 1 aromatic rings. The number of nitrogens with one attached hydrogen (secondary N) is 2. The molecule has 0 aliphatic heterocycles. The van der Waals surface area contributed by atoms with Crippen LogP contribution in [0, 0.1) is 5.92 Å². The topological polar surface area (TPSA) is 87.4 Å². The molecule has 1 rings (SSSR count). The van der Waals surface area contributed by atoms with Gasteiger partial charge in [-0.2, -0.15) is 0 Å². The van der Waals surface area contributed by atoms with E-state index in [1.54, 1.807) is 0 Å². The van der Waals surface area contributed by atoms with Crippen LogP contribution in [-0.2, 0) is 11.3 Å². The fourth-order valence-corrected chi connectivity index (χ4v) is 1.90. The number of carbonyl (C=O) groups excluding carboxylic acids is 1. The standard InChI is InChI=1S/C15H25N3O.C3H8O.3H2/c1-4-11(3)14(15(19)17-5-2)18-13-8-6-12(10-16)7-9-13;1-2-3-4;;;/h6-9,11,14,18H,4-5,10,16H2,1-3H3,(H,17,19);4H,2-3H2,1H3;3*1H/t11?,14-;;;;/m1..../s1. The van der Waals surface area contributed by atoms with E-state index in [-0.39, 0.29) is 22.1 Å². The highest BCUT2D eigenvalue weighted by Crippen LogP contribution is 2.16. The first-order valence-corrected chi connectivity index (χ1v) is 8.47. The molecule has 0 bridgehead atoms. The zero-order valence-corrected chi connectivity index (χ0v) is 14.9. The predicted molar refractivity (Wildman–Crippen MR) is 104 cm³/mol. The first-order chi connectivity index (χ1) is 11.0. The SMILES string of the molecule is CCCO.CCNC(=O)[C@H](Nc1ccc(CN)cc1)C(C)CC.[HH].[HH].[HH]. The van der Waals surface area contributed by atoms with Crippen LogP contribution >= 0.6 is 0 Å². The van der Waals surface area contributed by atoms with Crippen LogP contribution in [0.15, 0.2) is 24.3 Å².